The Kier molecular flexibility index (Phi) is 1.89. The van der Waals surface area contributed by atoms with Crippen LogP contribution in [0.25, 0.3) is 0 Å². The van der Waals surface area contributed by atoms with Crippen molar-refractivity contribution in [3.63, 3.8) is 0 Å². The molecular weight excluding hydrogens is 137 g/mol. The van der Waals surface area contributed by atoms with Gasteiger partial charge >= 0.3 is 0 Å². The van der Waals surface area contributed by atoms with E-state index in [0.29, 0.717) is 0 Å². The minimum Gasteiger partial charge on any atom is -0.477 e. The van der Waals surface area contributed by atoms with Crippen LogP contribution < -0.4 is 4.74 Å². The van der Waals surface area contributed by atoms with Gasteiger partial charge in [0.1, 0.15) is 0 Å². The molecule has 0 N–H and O–H groups in total. The van der Waals surface area contributed by atoms with Crippen molar-refractivity contribution in [3.05, 3.63) is 18.0 Å². The van der Waals surface area contributed by atoms with Gasteiger partial charge in [0, 0.05) is 6.42 Å². The Morgan fingerprint density at radius 3 is 2.70 bits per heavy atom. The molecule has 0 atom stereocenters. The van der Waals surface area contributed by atoms with E-state index in [2.05, 4.69) is 14.4 Å². The predicted molar refractivity (Wildman–Crippen MR) is 32.1 cm³/mol. The van der Waals surface area contributed by atoms with Crippen LogP contribution in [-0.2, 0) is 0 Å². The third-order valence-corrected chi connectivity index (χ3v) is 1.09. The van der Waals surface area contributed by atoms with Crippen molar-refractivity contribution in [2.45, 2.75) is 6.92 Å². The van der Waals surface area contributed by atoms with E-state index in [1.807, 2.05) is 0 Å². The first-order valence-corrected chi connectivity index (χ1v) is 2.78. The highest BCUT2D eigenvalue weighted by Gasteiger charge is 2.13. The molecule has 0 saturated heterocycles. The Balaban J connectivity index is 2.97. The van der Waals surface area contributed by atoms with Crippen LogP contribution in [0.1, 0.15) is 12.7 Å². The predicted octanol–water partition coefficient (Wildman–Crippen LogP) is 1.39. The second kappa shape index (κ2) is 2.68. The Morgan fingerprint density at radius 1 is 1.70 bits per heavy atom. The fraction of sp³-hybridized carbons (Fsp3) is 0.333. The van der Waals surface area contributed by atoms with Crippen LogP contribution in [0.2, 0.25) is 0 Å². The van der Waals surface area contributed by atoms with Crippen molar-refractivity contribution >= 4 is 0 Å². The number of nitrogens with zero attached hydrogens (tertiary/aromatic N) is 1. The maximum Gasteiger partial charge on any atom is 0.290 e. The number of methoxy groups -OCH3 is 1. The third-order valence-electron chi connectivity index (χ3n) is 1.09. The molecule has 0 aliphatic rings. The number of halogens is 1. The quantitative estimate of drug-likeness (QED) is 0.629. The van der Waals surface area contributed by atoms with E-state index >= 15 is 0 Å². The van der Waals surface area contributed by atoms with Crippen LogP contribution in [0.3, 0.4) is 0 Å². The molecule has 3 nitrogen and oxygen atoms in total. The molecule has 0 unspecified atom stereocenters. The molecule has 55 valence electrons. The normalized spacial score (nSPS) is 9.90. The van der Waals surface area contributed by atoms with Gasteiger partial charge in [0.15, 0.2) is 5.76 Å². The molecule has 1 rings (SSSR count). The molecule has 0 aromatic carbocycles. The highest BCUT2D eigenvalue weighted by molar-refractivity contribution is 5.19. The zero-order valence-corrected chi connectivity index (χ0v) is 5.72. The van der Waals surface area contributed by atoms with Gasteiger partial charge in [-0.1, -0.05) is 6.92 Å². The van der Waals surface area contributed by atoms with E-state index < -0.39 is 5.82 Å². The van der Waals surface area contributed by atoms with Gasteiger partial charge in [-0.3, -0.25) is 0 Å². The zero-order valence-electron chi connectivity index (χ0n) is 5.72. The molecule has 0 amide bonds. The van der Waals surface area contributed by atoms with E-state index in [9.17, 15) is 4.39 Å². The summed E-state index contributed by atoms with van der Waals surface area (Å²) in [6.45, 7) is 1.66. The summed E-state index contributed by atoms with van der Waals surface area (Å²) in [6, 6.07) is 0. The van der Waals surface area contributed by atoms with Crippen molar-refractivity contribution in [1.29, 1.82) is 0 Å². The minimum absolute atomic E-state index is 0.104. The van der Waals surface area contributed by atoms with Gasteiger partial charge in [-0.2, -0.15) is 4.39 Å². The molecule has 1 heterocycles. The molecule has 1 radical (unpaired) electrons. The van der Waals surface area contributed by atoms with Crippen LogP contribution in [0, 0.1) is 12.2 Å². The lowest BCUT2D eigenvalue weighted by Gasteiger charge is -1.87. The summed E-state index contributed by atoms with van der Waals surface area (Å²) in [6.07, 6.45) is 1.48. The Bertz CT molecular complexity index is 200. The molecule has 1 aromatic heterocycles. The molecule has 10 heavy (non-hydrogen) atoms. The van der Waals surface area contributed by atoms with Gasteiger partial charge in [-0.15, -0.1) is 0 Å². The smallest absolute Gasteiger partial charge is 0.290 e. The van der Waals surface area contributed by atoms with E-state index in [1.54, 1.807) is 6.92 Å². The summed E-state index contributed by atoms with van der Waals surface area (Å²) >= 11 is 0. The largest absolute Gasteiger partial charge is 0.477 e. The van der Waals surface area contributed by atoms with Gasteiger partial charge in [0.25, 0.3) is 5.88 Å². The molecule has 0 aliphatic heterocycles. The van der Waals surface area contributed by atoms with Gasteiger partial charge in [-0.05, 0) is 5.16 Å². The Hall–Kier alpha value is -1.06. The summed E-state index contributed by atoms with van der Waals surface area (Å²) in [7, 11) is 1.33. The third kappa shape index (κ3) is 0.964. The first-order chi connectivity index (χ1) is 4.79. The van der Waals surface area contributed by atoms with E-state index in [4.69, 9.17) is 0 Å². The highest BCUT2D eigenvalue weighted by atomic mass is 19.1. The van der Waals surface area contributed by atoms with Crippen molar-refractivity contribution in [2.24, 2.45) is 0 Å². The van der Waals surface area contributed by atoms with Crippen LogP contribution in [0.15, 0.2) is 4.52 Å². The second-order valence-corrected chi connectivity index (χ2v) is 1.66. The highest BCUT2D eigenvalue weighted by Crippen LogP contribution is 2.19. The fourth-order valence-electron chi connectivity index (χ4n) is 0.582. The van der Waals surface area contributed by atoms with Crippen LogP contribution >= 0.6 is 0 Å². The Morgan fingerprint density at radius 2 is 2.40 bits per heavy atom. The number of hydrogen-bond acceptors (Lipinski definition) is 3. The molecule has 0 bridgehead atoms. The maximum atomic E-state index is 12.7. The summed E-state index contributed by atoms with van der Waals surface area (Å²) < 4.78 is 21.8. The Labute approximate surface area is 57.8 Å². The van der Waals surface area contributed by atoms with Gasteiger partial charge in [0.05, 0.1) is 7.11 Å². The van der Waals surface area contributed by atoms with Gasteiger partial charge in [-0.25, -0.2) is 0 Å². The number of hydrogen-bond donors (Lipinski definition) is 0. The lowest BCUT2D eigenvalue weighted by molar-refractivity contribution is 0.330. The maximum absolute atomic E-state index is 12.7. The number of rotatable bonds is 2. The first-order valence-electron chi connectivity index (χ1n) is 2.78. The van der Waals surface area contributed by atoms with Crippen LogP contribution in [0.5, 0.6) is 5.88 Å². The summed E-state index contributed by atoms with van der Waals surface area (Å²) in [5.41, 5.74) is 0. The average Bonchev–Trinajstić information content (AvgIpc) is 2.30. The number of aromatic nitrogens is 1. The number of ether oxygens (including phenoxy) is 1. The molecule has 0 saturated carbocycles. The average molecular weight is 144 g/mol. The van der Waals surface area contributed by atoms with Crippen molar-refractivity contribution in [1.82, 2.24) is 5.16 Å². The molecule has 0 aliphatic carbocycles. The van der Waals surface area contributed by atoms with E-state index in [0.717, 1.165) is 0 Å². The summed E-state index contributed by atoms with van der Waals surface area (Å²) in [5.74, 6) is -0.546. The summed E-state index contributed by atoms with van der Waals surface area (Å²) in [5, 5.41) is 3.30. The zero-order chi connectivity index (χ0) is 7.56. The topological polar surface area (TPSA) is 35.3 Å². The van der Waals surface area contributed by atoms with Crippen LogP contribution in [0.4, 0.5) is 4.39 Å². The second-order valence-electron chi connectivity index (χ2n) is 1.66. The van der Waals surface area contributed by atoms with Gasteiger partial charge in [0.2, 0.25) is 5.82 Å². The van der Waals surface area contributed by atoms with E-state index in [1.165, 1.54) is 13.5 Å². The molecule has 0 spiro atoms. The lowest BCUT2D eigenvalue weighted by Crippen LogP contribution is -1.85. The fourth-order valence-corrected chi connectivity index (χ4v) is 0.582. The van der Waals surface area contributed by atoms with Gasteiger partial charge < -0.3 is 9.26 Å². The molecule has 4 heteroatoms. The SMILES string of the molecule is C[CH]c1onc(OC)c1F. The monoisotopic (exact) mass is 144 g/mol. The molecular formula is C6H7FNO2. The van der Waals surface area contributed by atoms with E-state index in [-0.39, 0.29) is 11.6 Å². The lowest BCUT2D eigenvalue weighted by atomic mass is 10.3. The van der Waals surface area contributed by atoms with Crippen LogP contribution in [-0.4, -0.2) is 12.3 Å². The van der Waals surface area contributed by atoms with Crippen molar-refractivity contribution < 1.29 is 13.7 Å². The standard InChI is InChI=1S/C6H7FNO2/c1-3-4-5(7)6(9-2)8-10-4/h3H,1-2H3. The molecule has 1 aromatic rings. The van der Waals surface area contributed by atoms with Crippen molar-refractivity contribution in [3.8, 4) is 5.88 Å². The summed E-state index contributed by atoms with van der Waals surface area (Å²) in [4.78, 5) is 0. The first kappa shape index (κ1) is 7.05. The molecule has 0 fully saturated rings. The van der Waals surface area contributed by atoms with Crippen molar-refractivity contribution in [2.75, 3.05) is 7.11 Å². The minimum atomic E-state index is -0.551.